The van der Waals surface area contributed by atoms with E-state index >= 15 is 0 Å². The highest BCUT2D eigenvalue weighted by Crippen LogP contribution is 2.25. The Hall–Kier alpha value is -2.90. The summed E-state index contributed by atoms with van der Waals surface area (Å²) in [7, 11) is -3.87. The molecule has 0 spiro atoms. The normalized spacial score (nSPS) is 11.7. The molecule has 0 saturated carbocycles. The molecule has 0 atom stereocenters. The zero-order valence-corrected chi connectivity index (χ0v) is 18.7. The summed E-state index contributed by atoms with van der Waals surface area (Å²) in [6, 6.07) is 14.8. The molecule has 0 radical (unpaired) electrons. The van der Waals surface area contributed by atoms with E-state index in [0.717, 1.165) is 17.1 Å². The summed E-state index contributed by atoms with van der Waals surface area (Å²) in [6.07, 6.45) is 0. The van der Waals surface area contributed by atoms with Crippen molar-refractivity contribution in [3.63, 3.8) is 0 Å². The van der Waals surface area contributed by atoms with Crippen molar-refractivity contribution in [2.75, 3.05) is 5.32 Å². The number of benzene rings is 2. The Labute approximate surface area is 177 Å². The van der Waals surface area contributed by atoms with Crippen LogP contribution < -0.4 is 10.5 Å². The molecule has 0 saturated heterocycles. The molecule has 0 bridgehead atoms. The van der Waals surface area contributed by atoms with Gasteiger partial charge in [-0.2, -0.15) is 0 Å². The molecular weight excluding hydrogens is 398 g/mol. The van der Waals surface area contributed by atoms with Crippen molar-refractivity contribution in [1.82, 2.24) is 4.57 Å². The number of rotatable bonds is 5. The number of carbonyl (C=O) groups excluding carboxylic acids is 1. The Bertz CT molecular complexity index is 1210. The fourth-order valence-corrected chi connectivity index (χ4v) is 4.39. The van der Waals surface area contributed by atoms with E-state index in [-0.39, 0.29) is 10.8 Å². The lowest BCUT2D eigenvalue weighted by atomic mass is 10.0. The first-order valence-corrected chi connectivity index (χ1v) is 11.3. The van der Waals surface area contributed by atoms with Gasteiger partial charge in [0.05, 0.1) is 10.5 Å². The van der Waals surface area contributed by atoms with Crippen molar-refractivity contribution in [2.45, 2.75) is 45.4 Å². The van der Waals surface area contributed by atoms with Gasteiger partial charge in [0.15, 0.2) is 0 Å². The number of primary sulfonamides is 1. The topological polar surface area (TPSA) is 94.2 Å². The van der Waals surface area contributed by atoms with Crippen LogP contribution in [0.15, 0.2) is 53.4 Å². The lowest BCUT2D eigenvalue weighted by Crippen LogP contribution is -2.16. The van der Waals surface area contributed by atoms with E-state index in [2.05, 4.69) is 43.4 Å². The van der Waals surface area contributed by atoms with E-state index in [1.54, 1.807) is 19.1 Å². The molecule has 1 amide bonds. The molecule has 0 unspecified atom stereocenters. The van der Waals surface area contributed by atoms with Gasteiger partial charge < -0.3 is 9.88 Å². The maximum Gasteiger partial charge on any atom is 0.257 e. The summed E-state index contributed by atoms with van der Waals surface area (Å²) < 4.78 is 25.5. The van der Waals surface area contributed by atoms with Crippen LogP contribution >= 0.6 is 0 Å². The lowest BCUT2D eigenvalue weighted by Gasteiger charge is -2.12. The fraction of sp³-hybridized carbons (Fsp3) is 0.261. The minimum Gasteiger partial charge on any atom is -0.322 e. The van der Waals surface area contributed by atoms with Crippen LogP contribution in [0.1, 0.15) is 52.6 Å². The van der Waals surface area contributed by atoms with Crippen molar-refractivity contribution in [2.24, 2.45) is 5.14 Å². The van der Waals surface area contributed by atoms with E-state index in [4.69, 9.17) is 5.14 Å². The van der Waals surface area contributed by atoms with Gasteiger partial charge >= 0.3 is 0 Å². The van der Waals surface area contributed by atoms with Gasteiger partial charge in [-0.15, -0.1) is 0 Å². The fourth-order valence-electron chi connectivity index (χ4n) is 3.58. The summed E-state index contributed by atoms with van der Waals surface area (Å²) in [5.74, 6) is 0.140. The third kappa shape index (κ3) is 4.32. The van der Waals surface area contributed by atoms with Gasteiger partial charge in [-0.05, 0) is 68.1 Å². The minimum absolute atomic E-state index is 0.00369. The third-order valence-corrected chi connectivity index (χ3v) is 6.30. The summed E-state index contributed by atoms with van der Waals surface area (Å²) in [6.45, 7) is 9.80. The molecule has 2 aromatic carbocycles. The molecule has 7 heteroatoms. The smallest absolute Gasteiger partial charge is 0.257 e. The molecule has 0 fully saturated rings. The molecule has 1 heterocycles. The highest BCUT2D eigenvalue weighted by atomic mass is 32.2. The third-order valence-electron chi connectivity index (χ3n) is 5.25. The Morgan fingerprint density at radius 3 is 2.20 bits per heavy atom. The van der Waals surface area contributed by atoms with E-state index in [1.807, 2.05) is 24.5 Å². The van der Waals surface area contributed by atoms with Crippen molar-refractivity contribution < 1.29 is 13.2 Å². The summed E-state index contributed by atoms with van der Waals surface area (Å²) in [5, 5.41) is 8.05. The Balaban J connectivity index is 1.92. The Kier molecular flexibility index (Phi) is 5.87. The highest BCUT2D eigenvalue weighted by Gasteiger charge is 2.18. The standard InChI is InChI=1S/C23H27N3O3S/c1-14(2)18-7-10-20(11-8-18)26-16(4)12-21(17(26)5)23(27)25-19-9-6-15(3)22(13-19)30(24,28)29/h6-14H,1-5H3,(H,25,27)(H2,24,28,29). The molecule has 158 valence electrons. The number of sulfonamides is 1. The van der Waals surface area contributed by atoms with E-state index in [9.17, 15) is 13.2 Å². The average molecular weight is 426 g/mol. The van der Waals surface area contributed by atoms with Crippen LogP contribution in [0.25, 0.3) is 5.69 Å². The van der Waals surface area contributed by atoms with Gasteiger partial charge in [-0.25, -0.2) is 13.6 Å². The molecule has 0 aliphatic heterocycles. The van der Waals surface area contributed by atoms with Crippen LogP contribution in [-0.4, -0.2) is 18.9 Å². The monoisotopic (exact) mass is 425 g/mol. The molecule has 0 aliphatic rings. The first kappa shape index (κ1) is 21.8. The molecule has 0 aliphatic carbocycles. The highest BCUT2D eigenvalue weighted by molar-refractivity contribution is 7.89. The number of aryl methyl sites for hydroxylation is 2. The van der Waals surface area contributed by atoms with Crippen molar-refractivity contribution in [3.05, 3.63) is 76.6 Å². The largest absolute Gasteiger partial charge is 0.322 e. The number of aromatic nitrogens is 1. The quantitative estimate of drug-likeness (QED) is 0.633. The Morgan fingerprint density at radius 2 is 1.63 bits per heavy atom. The maximum absolute atomic E-state index is 12.9. The first-order chi connectivity index (χ1) is 14.0. The number of hydrogen-bond acceptors (Lipinski definition) is 3. The number of nitrogens with zero attached hydrogens (tertiary/aromatic N) is 1. The summed E-state index contributed by atoms with van der Waals surface area (Å²) in [5.41, 5.74) is 5.41. The van der Waals surface area contributed by atoms with Gasteiger partial charge in [-0.3, -0.25) is 4.79 Å². The SMILES string of the molecule is Cc1ccc(NC(=O)c2cc(C)n(-c3ccc(C(C)C)cc3)c2C)cc1S(N)(=O)=O. The number of anilines is 1. The van der Waals surface area contributed by atoms with Crippen molar-refractivity contribution >= 4 is 21.6 Å². The van der Waals surface area contributed by atoms with Crippen LogP contribution in [0.3, 0.4) is 0 Å². The second-order valence-corrected chi connectivity index (χ2v) is 9.38. The van der Waals surface area contributed by atoms with Gasteiger partial charge in [-0.1, -0.05) is 32.0 Å². The number of nitrogens with one attached hydrogen (secondary N) is 1. The van der Waals surface area contributed by atoms with Crippen molar-refractivity contribution in [1.29, 1.82) is 0 Å². The Morgan fingerprint density at radius 1 is 1.00 bits per heavy atom. The number of carbonyl (C=O) groups is 1. The predicted octanol–water partition coefficient (Wildman–Crippen LogP) is 4.43. The molecule has 3 rings (SSSR count). The summed E-state index contributed by atoms with van der Waals surface area (Å²) in [4.78, 5) is 12.9. The second-order valence-electron chi connectivity index (χ2n) is 7.85. The van der Waals surface area contributed by atoms with Gasteiger partial charge in [0.25, 0.3) is 5.91 Å². The first-order valence-electron chi connectivity index (χ1n) is 9.73. The average Bonchev–Trinajstić information content (AvgIpc) is 2.96. The van der Waals surface area contributed by atoms with Crippen LogP contribution in [0.4, 0.5) is 5.69 Å². The maximum atomic E-state index is 12.9. The van der Waals surface area contributed by atoms with E-state index in [0.29, 0.717) is 22.7 Å². The van der Waals surface area contributed by atoms with Crippen LogP contribution in [-0.2, 0) is 10.0 Å². The molecule has 6 nitrogen and oxygen atoms in total. The predicted molar refractivity (Wildman–Crippen MR) is 120 cm³/mol. The van der Waals surface area contributed by atoms with Gasteiger partial charge in [0.2, 0.25) is 10.0 Å². The van der Waals surface area contributed by atoms with E-state index < -0.39 is 10.0 Å². The van der Waals surface area contributed by atoms with Crippen molar-refractivity contribution in [3.8, 4) is 5.69 Å². The zero-order chi connectivity index (χ0) is 22.2. The molecule has 3 N–H and O–H groups in total. The second kappa shape index (κ2) is 8.08. The number of nitrogens with two attached hydrogens (primary N) is 1. The summed E-state index contributed by atoms with van der Waals surface area (Å²) >= 11 is 0. The molecular formula is C23H27N3O3S. The number of hydrogen-bond donors (Lipinski definition) is 2. The van der Waals surface area contributed by atoms with Crippen LogP contribution in [0.5, 0.6) is 0 Å². The zero-order valence-electron chi connectivity index (χ0n) is 17.9. The van der Waals surface area contributed by atoms with E-state index in [1.165, 1.54) is 11.6 Å². The number of amides is 1. The lowest BCUT2D eigenvalue weighted by molar-refractivity contribution is 0.102. The van der Waals surface area contributed by atoms with Crippen LogP contribution in [0, 0.1) is 20.8 Å². The molecule has 3 aromatic rings. The molecule has 1 aromatic heterocycles. The molecule has 30 heavy (non-hydrogen) atoms. The van der Waals surface area contributed by atoms with Gasteiger partial charge in [0.1, 0.15) is 0 Å². The van der Waals surface area contributed by atoms with Gasteiger partial charge in [0, 0.05) is 22.8 Å². The minimum atomic E-state index is -3.87. The van der Waals surface area contributed by atoms with Crippen LogP contribution in [0.2, 0.25) is 0 Å².